The summed E-state index contributed by atoms with van der Waals surface area (Å²) in [5, 5.41) is 17.9. The Morgan fingerprint density at radius 1 is 0.938 bits per heavy atom. The zero-order chi connectivity index (χ0) is 23.7. The molecule has 190 valence electrons. The fraction of sp³-hybridized carbons (Fsp3) is 0.889. The van der Waals surface area contributed by atoms with Crippen LogP contribution in [0.15, 0.2) is 0 Å². The number of hydrogen-bond donors (Lipinski definition) is 7. The Bertz CT molecular complexity index is 601. The van der Waals surface area contributed by atoms with Crippen molar-refractivity contribution in [2.45, 2.75) is 51.0 Å². The number of nitrogens with two attached hydrogens (primary N) is 2. The topological polar surface area (TPSA) is 217 Å². The summed E-state index contributed by atoms with van der Waals surface area (Å²) in [7, 11) is -4.64. The molecule has 3 aliphatic rings. The third kappa shape index (κ3) is 9.83. The molecule has 1 aliphatic carbocycles. The summed E-state index contributed by atoms with van der Waals surface area (Å²) >= 11 is 0. The van der Waals surface area contributed by atoms with Crippen molar-refractivity contribution in [2.75, 3.05) is 39.4 Å². The average Bonchev–Trinajstić information content (AvgIpc) is 2.67. The van der Waals surface area contributed by atoms with Gasteiger partial charge in [-0.3, -0.25) is 9.59 Å². The van der Waals surface area contributed by atoms with Crippen LogP contribution in [0, 0.1) is 10.8 Å². The molecule has 0 aromatic carbocycles. The molecule has 0 atom stereocenters. The number of carboxylic acid groups (broad SMARTS) is 2. The summed E-state index contributed by atoms with van der Waals surface area (Å²) in [6.45, 7) is 5.03. The van der Waals surface area contributed by atoms with Crippen molar-refractivity contribution in [3.05, 3.63) is 0 Å². The number of likely N-dealkylation sites (tertiary alicyclic amines) is 1. The molecule has 2 heterocycles. The minimum atomic E-state index is -4.64. The normalized spacial score (nSPS) is 22.5. The first-order valence-electron chi connectivity index (χ1n) is 10.4. The van der Waals surface area contributed by atoms with E-state index in [-0.39, 0.29) is 45.4 Å². The van der Waals surface area contributed by atoms with Crippen LogP contribution in [-0.4, -0.2) is 87.2 Å². The first-order valence-corrected chi connectivity index (χ1v) is 11.9. The predicted molar refractivity (Wildman–Crippen MR) is 111 cm³/mol. The van der Waals surface area contributed by atoms with Gasteiger partial charge in [0.05, 0.1) is 0 Å². The maximum atomic E-state index is 11.0. The second-order valence-corrected chi connectivity index (χ2v) is 9.41. The largest absolute Gasteiger partial charge is 2.00 e. The molecule has 2 aliphatic heterocycles. The summed E-state index contributed by atoms with van der Waals surface area (Å²) in [4.78, 5) is 45.8. The van der Waals surface area contributed by atoms with E-state index in [0.717, 1.165) is 52.0 Å². The van der Waals surface area contributed by atoms with Crippen molar-refractivity contribution in [1.29, 1.82) is 0 Å². The molecule has 2 saturated heterocycles. The van der Waals surface area contributed by atoms with Gasteiger partial charge in [-0.25, -0.2) is 4.57 Å². The Hall–Kier alpha value is -0.422. The van der Waals surface area contributed by atoms with Gasteiger partial charge >= 0.3 is 40.8 Å². The molecule has 3 rings (SSSR count). The van der Waals surface area contributed by atoms with Gasteiger partial charge < -0.3 is 46.0 Å². The van der Waals surface area contributed by atoms with Gasteiger partial charge in [-0.1, -0.05) is 6.42 Å². The minimum absolute atomic E-state index is 0. The van der Waals surface area contributed by atoms with Gasteiger partial charge in [0.25, 0.3) is 0 Å². The molecule has 14 heteroatoms. The Balaban J connectivity index is 0.000000516. The monoisotopic (exact) mass is 664 g/mol. The van der Waals surface area contributed by atoms with Crippen molar-refractivity contribution >= 4 is 19.8 Å². The maximum absolute atomic E-state index is 11.0. The number of phosphoric acid groups is 1. The number of carboxylic acids is 2. The van der Waals surface area contributed by atoms with Gasteiger partial charge in [-0.05, 0) is 70.1 Å². The second-order valence-electron chi connectivity index (χ2n) is 8.39. The molecule has 3 fully saturated rings. The number of piperidine rings is 1. The smallest absolute Gasteiger partial charge is 0.480 e. The van der Waals surface area contributed by atoms with E-state index in [4.69, 9.17) is 45.7 Å². The summed E-state index contributed by atoms with van der Waals surface area (Å²) in [6, 6.07) is 0.160. The van der Waals surface area contributed by atoms with Crippen LogP contribution in [0.25, 0.3) is 0 Å². The molecule has 32 heavy (non-hydrogen) atoms. The molecule has 0 spiro atoms. The summed E-state index contributed by atoms with van der Waals surface area (Å²) < 4.78 is 14.1. The van der Waals surface area contributed by atoms with E-state index >= 15 is 0 Å². The quantitative estimate of drug-likeness (QED) is 0.147. The number of aliphatic carboxylic acids is 2. The Morgan fingerprint density at radius 2 is 1.34 bits per heavy atom. The van der Waals surface area contributed by atoms with E-state index in [2.05, 4.69) is 4.90 Å². The van der Waals surface area contributed by atoms with Crippen molar-refractivity contribution in [3.8, 4) is 0 Å². The molecule has 0 aromatic rings. The Morgan fingerprint density at radius 3 is 1.66 bits per heavy atom. The first-order chi connectivity index (χ1) is 14.4. The Labute approximate surface area is 202 Å². The summed E-state index contributed by atoms with van der Waals surface area (Å²) in [5.41, 5.74) is 9.91. The number of carbonyl (C=O) groups is 2. The van der Waals surface area contributed by atoms with E-state index in [1.807, 2.05) is 0 Å². The molecule has 1 saturated carbocycles. The van der Waals surface area contributed by atoms with Gasteiger partial charge in [-0.2, -0.15) is 0 Å². The van der Waals surface area contributed by atoms with Crippen molar-refractivity contribution in [3.63, 3.8) is 0 Å². The van der Waals surface area contributed by atoms with Gasteiger partial charge in [0.1, 0.15) is 0 Å². The molecule has 12 nitrogen and oxygen atoms in total. The SMILES string of the molecule is NCC1(CN)CCOCC1.O=C(O)C1(C(=O)O)CC(N2CCCCC2)C1.O=P(O)(O)O.[Pt+2]. The minimum Gasteiger partial charge on any atom is -0.480 e. The van der Waals surface area contributed by atoms with Crippen molar-refractivity contribution in [1.82, 2.24) is 4.90 Å². The average molecular weight is 665 g/mol. The van der Waals surface area contributed by atoms with E-state index in [9.17, 15) is 9.59 Å². The maximum Gasteiger partial charge on any atom is 2.00 e. The van der Waals surface area contributed by atoms with Crippen LogP contribution in [0.5, 0.6) is 0 Å². The van der Waals surface area contributed by atoms with Crippen LogP contribution in [0.4, 0.5) is 0 Å². The fourth-order valence-electron chi connectivity index (χ4n) is 4.02. The van der Waals surface area contributed by atoms with Gasteiger partial charge in [0, 0.05) is 19.3 Å². The third-order valence-electron chi connectivity index (χ3n) is 6.31. The molecule has 0 radical (unpaired) electrons. The van der Waals surface area contributed by atoms with Gasteiger partial charge in [0.2, 0.25) is 0 Å². The molecule has 9 N–H and O–H groups in total. The van der Waals surface area contributed by atoms with Crippen LogP contribution in [0.2, 0.25) is 0 Å². The van der Waals surface area contributed by atoms with Crippen LogP contribution >= 0.6 is 7.82 Å². The van der Waals surface area contributed by atoms with E-state index < -0.39 is 25.2 Å². The first kappa shape index (κ1) is 31.6. The molecule has 0 unspecified atom stereocenters. The van der Waals surface area contributed by atoms with Crippen LogP contribution in [0.3, 0.4) is 0 Å². The zero-order valence-electron chi connectivity index (χ0n) is 18.0. The number of hydrogen-bond acceptors (Lipinski definition) is 7. The van der Waals surface area contributed by atoms with Gasteiger partial charge in [0.15, 0.2) is 5.41 Å². The van der Waals surface area contributed by atoms with Gasteiger partial charge in [-0.15, -0.1) is 0 Å². The molecule has 0 bridgehead atoms. The fourth-order valence-corrected chi connectivity index (χ4v) is 4.02. The number of ether oxygens (including phenoxy) is 1. The standard InChI is InChI=1S/C11H17NO4.C7H16N2O.H3O4P.Pt/c13-9(14)11(10(15)16)6-8(7-11)12-4-2-1-3-5-12;8-5-7(6-9)1-3-10-4-2-7;1-5(2,3)4;/h8H,1-7H2,(H,13,14)(H,15,16);1-6,8-9H2;(H3,1,2,3,4);/q;;;+2. The molecule has 0 amide bonds. The van der Waals surface area contributed by atoms with E-state index in [0.29, 0.717) is 13.1 Å². The third-order valence-corrected chi connectivity index (χ3v) is 6.31. The Kier molecular flexibility index (Phi) is 13.9. The molecular formula is C18H36N3O9PPt+2. The summed E-state index contributed by atoms with van der Waals surface area (Å²) in [5.74, 6) is -2.37. The predicted octanol–water partition coefficient (Wildman–Crippen LogP) is -0.440. The van der Waals surface area contributed by atoms with Crippen LogP contribution in [-0.2, 0) is 40.0 Å². The molecule has 0 aromatic heterocycles. The van der Waals surface area contributed by atoms with E-state index in [1.54, 1.807) is 0 Å². The van der Waals surface area contributed by atoms with E-state index in [1.165, 1.54) is 6.42 Å². The number of nitrogens with zero attached hydrogens (tertiary/aromatic N) is 1. The zero-order valence-corrected chi connectivity index (χ0v) is 21.2. The second kappa shape index (κ2) is 14.1. The van der Waals surface area contributed by atoms with Crippen LogP contribution in [0.1, 0.15) is 44.9 Å². The summed E-state index contributed by atoms with van der Waals surface area (Å²) in [6.07, 6.45) is 6.09. The number of rotatable bonds is 5. The molecular weight excluding hydrogens is 628 g/mol. The van der Waals surface area contributed by atoms with Crippen LogP contribution < -0.4 is 11.5 Å². The van der Waals surface area contributed by atoms with Crippen molar-refractivity contribution < 1.29 is 64.8 Å². The van der Waals surface area contributed by atoms with Crippen molar-refractivity contribution in [2.24, 2.45) is 22.3 Å².